The third-order valence-corrected chi connectivity index (χ3v) is 2.23. The molecule has 17 heavy (non-hydrogen) atoms. The van der Waals surface area contributed by atoms with Gasteiger partial charge >= 0.3 is 12.3 Å². The van der Waals surface area contributed by atoms with Gasteiger partial charge in [0, 0.05) is 5.56 Å². The molecule has 0 amide bonds. The van der Waals surface area contributed by atoms with Gasteiger partial charge in [-0.3, -0.25) is 4.79 Å². The number of fused-ring (bicyclic) bond motifs is 1. The van der Waals surface area contributed by atoms with Gasteiger partial charge in [-0.05, 0) is 41.1 Å². The first-order valence-corrected chi connectivity index (χ1v) is 5.79. The zero-order valence-electron chi connectivity index (χ0n) is 8.88. The zero-order valence-corrected chi connectivity index (χ0v) is 10.5. The second-order valence-electron chi connectivity index (χ2n) is 3.37. The van der Waals surface area contributed by atoms with E-state index in [0.717, 1.165) is 0 Å². The van der Waals surface area contributed by atoms with Crippen molar-refractivity contribution < 1.29 is 23.8 Å². The summed E-state index contributed by atoms with van der Waals surface area (Å²) in [4.78, 5) is 22.1. The van der Waals surface area contributed by atoms with Crippen LogP contribution in [0.15, 0.2) is 18.2 Å². The van der Waals surface area contributed by atoms with Crippen molar-refractivity contribution in [2.45, 2.75) is 18.2 Å². The first-order chi connectivity index (χ1) is 8.10. The fourth-order valence-corrected chi connectivity index (χ4v) is 1.54. The summed E-state index contributed by atoms with van der Waals surface area (Å²) in [5.74, 6) is 0.150. The van der Waals surface area contributed by atoms with Crippen molar-refractivity contribution in [1.29, 1.82) is 0 Å². The van der Waals surface area contributed by atoms with Crippen LogP contribution in [0, 0.1) is 0 Å². The lowest BCUT2D eigenvalue weighted by Gasteiger charge is -2.11. The molecule has 90 valence electrons. The average molecular weight is 301 g/mol. The van der Waals surface area contributed by atoms with Crippen LogP contribution in [-0.4, -0.2) is 23.6 Å². The highest BCUT2D eigenvalue weighted by Crippen LogP contribution is 2.35. The molecule has 0 bridgehead atoms. The minimum atomic E-state index is -1.12. The number of aldehydes is 1. The van der Waals surface area contributed by atoms with E-state index in [1.54, 1.807) is 19.1 Å². The number of halogens is 1. The van der Waals surface area contributed by atoms with Gasteiger partial charge in [0.1, 0.15) is 6.29 Å². The van der Waals surface area contributed by atoms with Crippen molar-refractivity contribution in [2.75, 3.05) is 0 Å². The van der Waals surface area contributed by atoms with Crippen molar-refractivity contribution in [1.82, 2.24) is 0 Å². The topological polar surface area (TPSA) is 61.8 Å². The van der Waals surface area contributed by atoms with Gasteiger partial charge in [-0.2, -0.15) is 0 Å². The Hall–Kier alpha value is -1.56. The fraction of sp³-hybridized carbons (Fsp3) is 0.273. The number of carbonyl (C=O) groups excluding carboxylic acids is 2. The predicted molar refractivity (Wildman–Crippen MR) is 61.4 cm³/mol. The maximum atomic E-state index is 11.5. The first-order valence-electron chi connectivity index (χ1n) is 4.87. The van der Waals surface area contributed by atoms with Crippen LogP contribution in [0.4, 0.5) is 0 Å². The molecule has 6 heteroatoms. The Bertz CT molecular complexity index is 457. The zero-order chi connectivity index (χ0) is 12.4. The van der Waals surface area contributed by atoms with E-state index in [1.807, 2.05) is 0 Å². The van der Waals surface area contributed by atoms with E-state index in [9.17, 15) is 9.59 Å². The highest BCUT2D eigenvalue weighted by Gasteiger charge is 2.33. The van der Waals surface area contributed by atoms with Crippen LogP contribution >= 0.6 is 15.9 Å². The number of esters is 1. The molecule has 2 rings (SSSR count). The van der Waals surface area contributed by atoms with Crippen LogP contribution in [-0.2, 0) is 9.53 Å². The third kappa shape index (κ3) is 2.58. The SMILES string of the molecule is CC(Br)OC(=O)C1Oc2ccc(C=O)cc2O1. The lowest BCUT2D eigenvalue weighted by atomic mass is 10.2. The summed E-state index contributed by atoms with van der Waals surface area (Å²) in [5, 5.41) is -0.420. The molecule has 2 atom stereocenters. The van der Waals surface area contributed by atoms with Gasteiger partial charge in [0.25, 0.3) is 0 Å². The number of ether oxygens (including phenoxy) is 3. The van der Waals surface area contributed by atoms with Crippen LogP contribution < -0.4 is 9.47 Å². The molecule has 0 aliphatic carbocycles. The molecule has 0 saturated heterocycles. The summed E-state index contributed by atoms with van der Waals surface area (Å²) >= 11 is 3.08. The van der Waals surface area contributed by atoms with Crippen LogP contribution in [0.1, 0.15) is 17.3 Å². The summed E-state index contributed by atoms with van der Waals surface area (Å²) in [6, 6.07) is 4.66. The molecule has 2 unspecified atom stereocenters. The molecule has 1 aliphatic rings. The lowest BCUT2D eigenvalue weighted by Crippen LogP contribution is -2.32. The molecule has 0 fully saturated rings. The summed E-state index contributed by atoms with van der Waals surface area (Å²) in [6.07, 6.45) is -0.428. The molecule has 1 heterocycles. The highest BCUT2D eigenvalue weighted by molar-refractivity contribution is 9.09. The Morgan fingerprint density at radius 2 is 2.18 bits per heavy atom. The Balaban J connectivity index is 2.10. The highest BCUT2D eigenvalue weighted by atomic mass is 79.9. The normalized spacial score (nSPS) is 18.6. The molecule has 0 saturated carbocycles. The Morgan fingerprint density at radius 1 is 1.47 bits per heavy atom. The lowest BCUT2D eigenvalue weighted by molar-refractivity contribution is -0.162. The van der Waals surface area contributed by atoms with Gasteiger partial charge < -0.3 is 14.2 Å². The number of rotatable bonds is 3. The molecule has 1 aliphatic heterocycles. The van der Waals surface area contributed by atoms with Gasteiger partial charge in [0.05, 0.1) is 0 Å². The van der Waals surface area contributed by atoms with E-state index < -0.39 is 17.3 Å². The van der Waals surface area contributed by atoms with E-state index in [1.165, 1.54) is 6.07 Å². The first kappa shape index (κ1) is 11.9. The van der Waals surface area contributed by atoms with E-state index in [2.05, 4.69) is 15.9 Å². The summed E-state index contributed by atoms with van der Waals surface area (Å²) in [7, 11) is 0. The van der Waals surface area contributed by atoms with Crippen LogP contribution in [0.25, 0.3) is 0 Å². The summed E-state index contributed by atoms with van der Waals surface area (Å²) < 4.78 is 15.4. The molecule has 5 nitrogen and oxygen atoms in total. The van der Waals surface area contributed by atoms with Crippen LogP contribution in [0.3, 0.4) is 0 Å². The third-order valence-electron chi connectivity index (χ3n) is 2.04. The Morgan fingerprint density at radius 3 is 2.82 bits per heavy atom. The predicted octanol–water partition coefficient (Wildman–Crippen LogP) is 1.88. The second kappa shape index (κ2) is 4.75. The molecule has 0 radical (unpaired) electrons. The number of hydrogen-bond acceptors (Lipinski definition) is 5. The quantitative estimate of drug-likeness (QED) is 0.484. The van der Waals surface area contributed by atoms with Crippen molar-refractivity contribution in [3.8, 4) is 11.5 Å². The van der Waals surface area contributed by atoms with Gasteiger partial charge in [0.15, 0.2) is 16.5 Å². The van der Waals surface area contributed by atoms with E-state index in [4.69, 9.17) is 14.2 Å². The van der Waals surface area contributed by atoms with Crippen molar-refractivity contribution in [3.63, 3.8) is 0 Å². The van der Waals surface area contributed by atoms with Crippen LogP contribution in [0.5, 0.6) is 11.5 Å². The molecule has 0 spiro atoms. The fourth-order valence-electron chi connectivity index (χ4n) is 1.35. The number of alkyl halides is 1. The smallest absolute Gasteiger partial charge is 0.390 e. The Kier molecular flexibility index (Phi) is 3.33. The van der Waals surface area contributed by atoms with Crippen molar-refractivity contribution >= 4 is 28.2 Å². The maximum Gasteiger partial charge on any atom is 0.390 e. The molecule has 0 N–H and O–H groups in total. The van der Waals surface area contributed by atoms with Crippen molar-refractivity contribution in [2.24, 2.45) is 0 Å². The standard InChI is InChI=1S/C11H9BrO5/c1-6(12)15-10(14)11-16-8-3-2-7(5-13)4-9(8)17-11/h2-6,11H,1H3. The minimum absolute atomic E-state index is 0.360. The molecule has 1 aromatic rings. The van der Waals surface area contributed by atoms with E-state index >= 15 is 0 Å². The van der Waals surface area contributed by atoms with Crippen LogP contribution in [0.2, 0.25) is 0 Å². The molecule has 1 aromatic carbocycles. The minimum Gasteiger partial charge on any atom is -0.446 e. The van der Waals surface area contributed by atoms with E-state index in [-0.39, 0.29) is 0 Å². The number of benzene rings is 1. The van der Waals surface area contributed by atoms with E-state index in [0.29, 0.717) is 23.3 Å². The van der Waals surface area contributed by atoms with Gasteiger partial charge in [-0.15, -0.1) is 0 Å². The summed E-state index contributed by atoms with van der Waals surface area (Å²) in [6.45, 7) is 1.66. The number of carbonyl (C=O) groups is 2. The largest absolute Gasteiger partial charge is 0.446 e. The second-order valence-corrected chi connectivity index (χ2v) is 4.66. The molecular weight excluding hydrogens is 292 g/mol. The number of hydrogen-bond donors (Lipinski definition) is 0. The van der Waals surface area contributed by atoms with Gasteiger partial charge in [0.2, 0.25) is 0 Å². The average Bonchev–Trinajstić information content (AvgIpc) is 2.70. The Labute approximate surface area is 106 Å². The van der Waals surface area contributed by atoms with Gasteiger partial charge in [-0.1, -0.05) is 0 Å². The maximum absolute atomic E-state index is 11.5. The molecule has 0 aromatic heterocycles. The summed E-state index contributed by atoms with van der Waals surface area (Å²) in [5.41, 5.74) is 0.454. The van der Waals surface area contributed by atoms with Crippen molar-refractivity contribution in [3.05, 3.63) is 23.8 Å². The molecular formula is C11H9BrO5. The monoisotopic (exact) mass is 300 g/mol. The van der Waals surface area contributed by atoms with Gasteiger partial charge in [-0.25, -0.2) is 4.79 Å².